The van der Waals surface area contributed by atoms with Gasteiger partial charge in [0.15, 0.2) is 12.6 Å². The Balaban J connectivity index is 2.58. The fraction of sp³-hybridized carbons (Fsp3) is 0.154. The molecule has 0 saturated heterocycles. The minimum Gasteiger partial charge on any atom is -0.305 e. The van der Waals surface area contributed by atoms with Crippen molar-refractivity contribution in [2.24, 2.45) is 7.05 Å². The first-order valence-electron chi connectivity index (χ1n) is 5.74. The molecule has 20 heavy (non-hydrogen) atoms. The van der Waals surface area contributed by atoms with E-state index in [-0.39, 0.29) is 0 Å². The van der Waals surface area contributed by atoms with Crippen molar-refractivity contribution in [1.82, 2.24) is 9.78 Å². The van der Waals surface area contributed by atoms with Crippen LogP contribution < -0.4 is 4.72 Å². The predicted octanol–water partition coefficient (Wildman–Crippen LogP) is 1.42. The molecule has 0 spiro atoms. The average molecular weight is 291 g/mol. The largest absolute Gasteiger partial charge is 0.305 e. The third-order valence-corrected chi connectivity index (χ3v) is 3.30. The molecule has 1 atom stereocenters. The Kier molecular flexibility index (Phi) is 4.09. The van der Waals surface area contributed by atoms with Gasteiger partial charge in [-0.15, -0.1) is 0 Å². The lowest BCUT2D eigenvalue weighted by atomic mass is 10.0. The third kappa shape index (κ3) is 2.67. The van der Waals surface area contributed by atoms with Crippen LogP contribution >= 0.6 is 0 Å². The van der Waals surface area contributed by atoms with Crippen molar-refractivity contribution in [2.45, 2.75) is 0 Å². The number of aldehydes is 2. The fourth-order valence-corrected chi connectivity index (χ4v) is 2.37. The smallest absolute Gasteiger partial charge is 0.168 e. The van der Waals surface area contributed by atoms with Crippen LogP contribution in [0.1, 0.15) is 20.8 Å². The number of anilines is 1. The van der Waals surface area contributed by atoms with Crippen LogP contribution in [-0.2, 0) is 18.0 Å². The Morgan fingerprint density at radius 1 is 1.30 bits per heavy atom. The highest BCUT2D eigenvalue weighted by Gasteiger charge is 2.14. The third-order valence-electron chi connectivity index (χ3n) is 2.79. The summed E-state index contributed by atoms with van der Waals surface area (Å²) in [6.07, 6.45) is 2.85. The predicted molar refractivity (Wildman–Crippen MR) is 77.1 cm³/mol. The molecule has 7 heteroatoms. The number of hydrogen-bond donors (Lipinski definition) is 1. The van der Waals surface area contributed by atoms with E-state index in [0.717, 1.165) is 0 Å². The molecule has 1 aromatic heterocycles. The van der Waals surface area contributed by atoms with Crippen LogP contribution in [0.2, 0.25) is 0 Å². The molecule has 1 unspecified atom stereocenters. The van der Waals surface area contributed by atoms with Crippen molar-refractivity contribution < 1.29 is 13.8 Å². The highest BCUT2D eigenvalue weighted by molar-refractivity contribution is 7.85. The topological polar surface area (TPSA) is 81.1 Å². The Morgan fingerprint density at radius 2 is 2.05 bits per heavy atom. The quantitative estimate of drug-likeness (QED) is 0.845. The molecule has 0 bridgehead atoms. The summed E-state index contributed by atoms with van der Waals surface area (Å²) >= 11 is 0. The molecule has 104 valence electrons. The molecule has 0 aliphatic carbocycles. The van der Waals surface area contributed by atoms with E-state index in [4.69, 9.17) is 0 Å². The SMILES string of the molecule is Cn1nc(-c2cccc(NS(C)=O)c2C=O)cc1C=O. The van der Waals surface area contributed by atoms with Crippen molar-refractivity contribution in [3.05, 3.63) is 35.5 Å². The highest BCUT2D eigenvalue weighted by atomic mass is 32.2. The van der Waals surface area contributed by atoms with Crippen molar-refractivity contribution in [3.63, 3.8) is 0 Å². The summed E-state index contributed by atoms with van der Waals surface area (Å²) in [5.74, 6) is 0. The Hall–Kier alpha value is -2.28. The van der Waals surface area contributed by atoms with E-state index in [0.29, 0.717) is 40.8 Å². The number of hydrogen-bond acceptors (Lipinski definition) is 4. The van der Waals surface area contributed by atoms with Crippen molar-refractivity contribution >= 4 is 29.2 Å². The zero-order valence-electron chi connectivity index (χ0n) is 11.0. The number of aryl methyl sites for hydroxylation is 1. The second-order valence-electron chi connectivity index (χ2n) is 4.14. The lowest BCUT2D eigenvalue weighted by Crippen LogP contribution is -2.05. The number of nitrogens with one attached hydrogen (secondary N) is 1. The maximum atomic E-state index is 11.3. The molecule has 2 aromatic rings. The van der Waals surface area contributed by atoms with Gasteiger partial charge in [0, 0.05) is 24.4 Å². The molecule has 1 N–H and O–H groups in total. The minimum atomic E-state index is -1.28. The lowest BCUT2D eigenvalue weighted by Gasteiger charge is -2.09. The number of benzene rings is 1. The fourth-order valence-electron chi connectivity index (χ4n) is 1.88. The van der Waals surface area contributed by atoms with Crippen LogP contribution in [0, 0.1) is 0 Å². The Morgan fingerprint density at radius 3 is 2.60 bits per heavy atom. The molecule has 0 aliphatic heterocycles. The van der Waals surface area contributed by atoms with Gasteiger partial charge in [0.25, 0.3) is 0 Å². The first-order chi connectivity index (χ1) is 9.56. The van der Waals surface area contributed by atoms with Gasteiger partial charge in [0.05, 0.1) is 11.4 Å². The molecule has 0 aliphatic rings. The maximum absolute atomic E-state index is 11.3. The first kappa shape index (κ1) is 14.1. The van der Waals surface area contributed by atoms with Gasteiger partial charge in [-0.3, -0.25) is 14.3 Å². The summed E-state index contributed by atoms with van der Waals surface area (Å²) in [6, 6.07) is 6.72. The zero-order valence-corrected chi connectivity index (χ0v) is 11.8. The van der Waals surface area contributed by atoms with Gasteiger partial charge in [0.2, 0.25) is 0 Å². The zero-order chi connectivity index (χ0) is 14.7. The number of carbonyl (C=O) groups excluding carboxylic acids is 2. The van der Waals surface area contributed by atoms with Crippen LogP contribution in [0.4, 0.5) is 5.69 Å². The van der Waals surface area contributed by atoms with Crippen molar-refractivity contribution in [2.75, 3.05) is 11.0 Å². The standard InChI is InChI=1S/C13H13N3O3S/c1-16-9(7-17)6-13(14-16)10-4-3-5-12(11(10)8-18)15-20(2)19/h3-8,15H,1-2H3. The monoisotopic (exact) mass is 291 g/mol. The highest BCUT2D eigenvalue weighted by Crippen LogP contribution is 2.27. The van der Waals surface area contributed by atoms with Gasteiger partial charge < -0.3 is 4.72 Å². The van der Waals surface area contributed by atoms with Crippen LogP contribution in [0.5, 0.6) is 0 Å². The van der Waals surface area contributed by atoms with E-state index >= 15 is 0 Å². The van der Waals surface area contributed by atoms with Crippen LogP contribution in [0.15, 0.2) is 24.3 Å². The Labute approximate surface area is 118 Å². The van der Waals surface area contributed by atoms with Crippen molar-refractivity contribution in [1.29, 1.82) is 0 Å². The Bertz CT molecular complexity index is 694. The van der Waals surface area contributed by atoms with E-state index in [1.54, 1.807) is 31.3 Å². The van der Waals surface area contributed by atoms with Gasteiger partial charge in [-0.05, 0) is 12.1 Å². The maximum Gasteiger partial charge on any atom is 0.168 e. The summed E-state index contributed by atoms with van der Waals surface area (Å²) in [7, 11) is 0.365. The van der Waals surface area contributed by atoms with Crippen LogP contribution in [-0.4, -0.2) is 32.8 Å². The number of rotatable bonds is 5. The normalized spacial score (nSPS) is 11.9. The van der Waals surface area contributed by atoms with Crippen LogP contribution in [0.3, 0.4) is 0 Å². The molecule has 1 heterocycles. The molecule has 0 fully saturated rings. The van der Waals surface area contributed by atoms with E-state index in [1.165, 1.54) is 10.9 Å². The van der Waals surface area contributed by atoms with E-state index in [2.05, 4.69) is 9.82 Å². The van der Waals surface area contributed by atoms with Gasteiger partial charge in [-0.1, -0.05) is 12.1 Å². The number of aromatic nitrogens is 2. The second kappa shape index (κ2) is 5.79. The van der Waals surface area contributed by atoms with Gasteiger partial charge >= 0.3 is 0 Å². The van der Waals surface area contributed by atoms with Gasteiger partial charge in [-0.2, -0.15) is 5.10 Å². The molecule has 0 saturated carbocycles. The summed E-state index contributed by atoms with van der Waals surface area (Å²) in [5, 5.41) is 4.20. The van der Waals surface area contributed by atoms with Crippen molar-refractivity contribution in [3.8, 4) is 11.3 Å². The number of carbonyl (C=O) groups is 2. The molecule has 0 radical (unpaired) electrons. The molecular weight excluding hydrogens is 278 g/mol. The lowest BCUT2D eigenvalue weighted by molar-refractivity contribution is 0.111. The van der Waals surface area contributed by atoms with E-state index in [9.17, 15) is 13.8 Å². The second-order valence-corrected chi connectivity index (χ2v) is 5.25. The summed E-state index contributed by atoms with van der Waals surface area (Å²) in [4.78, 5) is 22.2. The molecule has 2 rings (SSSR count). The summed E-state index contributed by atoms with van der Waals surface area (Å²) in [5.41, 5.74) is 2.34. The minimum absolute atomic E-state index is 0.359. The average Bonchev–Trinajstić information content (AvgIpc) is 2.79. The van der Waals surface area contributed by atoms with Crippen LogP contribution in [0.25, 0.3) is 11.3 Å². The van der Waals surface area contributed by atoms with E-state index < -0.39 is 11.0 Å². The number of nitrogens with zero attached hydrogens (tertiary/aromatic N) is 2. The molecular formula is C13H13N3O3S. The van der Waals surface area contributed by atoms with Gasteiger partial charge in [0.1, 0.15) is 16.7 Å². The van der Waals surface area contributed by atoms with E-state index in [1.807, 2.05) is 0 Å². The summed E-state index contributed by atoms with van der Waals surface area (Å²) in [6.45, 7) is 0. The molecule has 6 nitrogen and oxygen atoms in total. The molecule has 0 amide bonds. The first-order valence-corrected chi connectivity index (χ1v) is 7.30. The molecule has 1 aromatic carbocycles. The summed E-state index contributed by atoms with van der Waals surface area (Å²) < 4.78 is 15.4. The van der Waals surface area contributed by atoms with Gasteiger partial charge in [-0.25, -0.2) is 4.21 Å².